The lowest BCUT2D eigenvalue weighted by atomic mass is 10.7. The molecule has 0 aliphatic heterocycles. The number of hydrogen-bond acceptors (Lipinski definition) is 4. The predicted octanol–water partition coefficient (Wildman–Crippen LogP) is 0.673. The minimum Gasteiger partial charge on any atom is -0.377 e. The maximum Gasteiger partial charge on any atom is 0.208 e. The monoisotopic (exact) mass is 159 g/mol. The molecule has 4 nitrogen and oxygen atoms in total. The van der Waals surface area contributed by atoms with E-state index in [4.69, 9.17) is 4.74 Å². The van der Waals surface area contributed by atoms with E-state index < -0.39 is 0 Å². The van der Waals surface area contributed by atoms with Gasteiger partial charge in [0, 0.05) is 7.11 Å². The van der Waals surface area contributed by atoms with E-state index in [0.29, 0.717) is 6.61 Å². The Morgan fingerprint density at radius 3 is 3.00 bits per heavy atom. The maximum absolute atomic E-state index is 4.84. The second-order valence-electron chi connectivity index (χ2n) is 1.70. The highest BCUT2D eigenvalue weighted by Crippen LogP contribution is 2.06. The molecule has 0 saturated heterocycles. The van der Waals surface area contributed by atoms with Gasteiger partial charge in [-0.1, -0.05) is 11.8 Å². The first-order chi connectivity index (χ1) is 4.86. The third kappa shape index (κ3) is 1.71. The quantitative estimate of drug-likeness (QED) is 0.659. The first-order valence-corrected chi connectivity index (χ1v) is 4.03. The molecular weight excluding hydrogens is 150 g/mol. The predicted molar refractivity (Wildman–Crippen MR) is 38.9 cm³/mol. The molecule has 1 N–H and O–H groups in total. The number of ether oxygens (including phenoxy) is 1. The van der Waals surface area contributed by atoms with Gasteiger partial charge in [-0.15, -0.1) is 5.10 Å². The van der Waals surface area contributed by atoms with E-state index in [0.717, 1.165) is 11.0 Å². The lowest BCUT2D eigenvalue weighted by Gasteiger charge is -1.88. The molecular formula is C5H9N3OS. The van der Waals surface area contributed by atoms with Crippen molar-refractivity contribution in [2.45, 2.75) is 11.8 Å². The fourth-order valence-electron chi connectivity index (χ4n) is 0.570. The summed E-state index contributed by atoms with van der Waals surface area (Å²) in [6.45, 7) is 0.494. The minimum atomic E-state index is 0.494. The van der Waals surface area contributed by atoms with Crippen molar-refractivity contribution >= 4 is 11.8 Å². The van der Waals surface area contributed by atoms with Gasteiger partial charge in [-0.25, -0.2) is 4.98 Å². The molecule has 56 valence electrons. The summed E-state index contributed by atoms with van der Waals surface area (Å²) in [4.78, 5) is 4.09. The number of H-pyrrole nitrogens is 1. The van der Waals surface area contributed by atoms with Gasteiger partial charge in [0.15, 0.2) is 5.82 Å². The van der Waals surface area contributed by atoms with Gasteiger partial charge < -0.3 is 4.74 Å². The zero-order valence-electron chi connectivity index (χ0n) is 5.92. The van der Waals surface area contributed by atoms with Crippen molar-refractivity contribution in [1.82, 2.24) is 15.2 Å². The van der Waals surface area contributed by atoms with Crippen LogP contribution in [0.3, 0.4) is 0 Å². The number of nitrogens with zero attached hydrogens (tertiary/aromatic N) is 2. The van der Waals surface area contributed by atoms with Crippen LogP contribution in [0.25, 0.3) is 0 Å². The highest BCUT2D eigenvalue weighted by molar-refractivity contribution is 7.98. The average molecular weight is 159 g/mol. The van der Waals surface area contributed by atoms with Gasteiger partial charge in [0.1, 0.15) is 6.61 Å². The SMILES string of the molecule is COCc1nc(SC)n[nH]1. The lowest BCUT2D eigenvalue weighted by Crippen LogP contribution is -1.89. The molecule has 5 heteroatoms. The van der Waals surface area contributed by atoms with Crippen molar-refractivity contribution in [1.29, 1.82) is 0 Å². The molecule has 0 aliphatic carbocycles. The van der Waals surface area contributed by atoms with E-state index in [1.165, 1.54) is 11.8 Å². The Bertz CT molecular complexity index is 201. The van der Waals surface area contributed by atoms with Gasteiger partial charge in [0.25, 0.3) is 0 Å². The summed E-state index contributed by atoms with van der Waals surface area (Å²) in [6, 6.07) is 0. The van der Waals surface area contributed by atoms with E-state index in [1.54, 1.807) is 7.11 Å². The Balaban J connectivity index is 2.59. The van der Waals surface area contributed by atoms with Crippen LogP contribution in [0.5, 0.6) is 0 Å². The Kier molecular flexibility index (Phi) is 2.70. The number of rotatable bonds is 3. The van der Waals surface area contributed by atoms with Crippen molar-refractivity contribution in [3.8, 4) is 0 Å². The van der Waals surface area contributed by atoms with Crippen molar-refractivity contribution < 1.29 is 4.74 Å². The molecule has 0 fully saturated rings. The minimum absolute atomic E-state index is 0.494. The Hall–Kier alpha value is -0.550. The standard InChI is InChI=1S/C5H9N3OS/c1-9-3-4-6-5(10-2)8-7-4/h3H2,1-2H3,(H,6,7,8). The Morgan fingerprint density at radius 1 is 1.70 bits per heavy atom. The first kappa shape index (κ1) is 7.56. The van der Waals surface area contributed by atoms with Crippen molar-refractivity contribution in [3.63, 3.8) is 0 Å². The zero-order chi connectivity index (χ0) is 7.40. The van der Waals surface area contributed by atoms with Gasteiger partial charge in [-0.3, -0.25) is 5.10 Å². The second kappa shape index (κ2) is 3.58. The molecule has 1 heterocycles. The van der Waals surface area contributed by atoms with E-state index in [-0.39, 0.29) is 0 Å². The van der Waals surface area contributed by atoms with Crippen LogP contribution in [-0.2, 0) is 11.3 Å². The summed E-state index contributed by atoms with van der Waals surface area (Å²) in [5.74, 6) is 0.770. The second-order valence-corrected chi connectivity index (χ2v) is 2.48. The third-order valence-electron chi connectivity index (χ3n) is 0.975. The Labute approximate surface area is 63.4 Å². The van der Waals surface area contributed by atoms with Gasteiger partial charge >= 0.3 is 0 Å². The molecule has 0 aromatic carbocycles. The summed E-state index contributed by atoms with van der Waals surface area (Å²) >= 11 is 1.51. The molecule has 1 rings (SSSR count). The van der Waals surface area contributed by atoms with E-state index in [1.807, 2.05) is 6.26 Å². The summed E-state index contributed by atoms with van der Waals surface area (Å²) in [6.07, 6.45) is 1.93. The molecule has 0 radical (unpaired) electrons. The molecule has 1 aromatic rings. The summed E-state index contributed by atoms with van der Waals surface area (Å²) < 4.78 is 4.84. The smallest absolute Gasteiger partial charge is 0.208 e. The van der Waals surface area contributed by atoms with Gasteiger partial charge in [-0.05, 0) is 6.26 Å². The van der Waals surface area contributed by atoms with E-state index >= 15 is 0 Å². The van der Waals surface area contributed by atoms with Crippen LogP contribution in [0.4, 0.5) is 0 Å². The van der Waals surface area contributed by atoms with Crippen LogP contribution in [-0.4, -0.2) is 28.5 Å². The molecule has 10 heavy (non-hydrogen) atoms. The lowest BCUT2D eigenvalue weighted by molar-refractivity contribution is 0.178. The fraction of sp³-hybridized carbons (Fsp3) is 0.600. The van der Waals surface area contributed by atoms with Crippen molar-refractivity contribution in [2.75, 3.05) is 13.4 Å². The molecule has 1 aromatic heterocycles. The topological polar surface area (TPSA) is 50.8 Å². The van der Waals surface area contributed by atoms with E-state index in [2.05, 4.69) is 15.2 Å². The van der Waals surface area contributed by atoms with Crippen LogP contribution in [0, 0.1) is 0 Å². The first-order valence-electron chi connectivity index (χ1n) is 2.81. The molecule has 0 saturated carbocycles. The van der Waals surface area contributed by atoms with Crippen molar-refractivity contribution in [2.24, 2.45) is 0 Å². The largest absolute Gasteiger partial charge is 0.377 e. The number of aromatic nitrogens is 3. The van der Waals surface area contributed by atoms with Crippen LogP contribution in [0.2, 0.25) is 0 Å². The highest BCUT2D eigenvalue weighted by Gasteiger charge is 1.98. The van der Waals surface area contributed by atoms with Crippen LogP contribution >= 0.6 is 11.8 Å². The maximum atomic E-state index is 4.84. The normalized spacial score (nSPS) is 10.2. The molecule has 0 amide bonds. The number of hydrogen-bond donors (Lipinski definition) is 1. The van der Waals surface area contributed by atoms with Crippen LogP contribution in [0.1, 0.15) is 5.82 Å². The number of aromatic amines is 1. The Morgan fingerprint density at radius 2 is 2.50 bits per heavy atom. The van der Waals surface area contributed by atoms with Crippen LogP contribution in [0.15, 0.2) is 5.16 Å². The number of thioether (sulfide) groups is 1. The average Bonchev–Trinajstić information content (AvgIpc) is 2.37. The van der Waals surface area contributed by atoms with Gasteiger partial charge in [0.05, 0.1) is 0 Å². The fourth-order valence-corrected chi connectivity index (χ4v) is 0.909. The van der Waals surface area contributed by atoms with Gasteiger partial charge in [0.2, 0.25) is 5.16 Å². The molecule has 0 spiro atoms. The third-order valence-corrected chi connectivity index (χ3v) is 1.52. The van der Waals surface area contributed by atoms with E-state index in [9.17, 15) is 0 Å². The van der Waals surface area contributed by atoms with Crippen LogP contribution < -0.4 is 0 Å². The molecule has 0 aliphatic rings. The molecule has 0 bridgehead atoms. The number of nitrogens with one attached hydrogen (secondary N) is 1. The van der Waals surface area contributed by atoms with Crippen molar-refractivity contribution in [3.05, 3.63) is 5.82 Å². The molecule has 0 unspecified atom stereocenters. The summed E-state index contributed by atoms with van der Waals surface area (Å²) in [5.41, 5.74) is 0. The number of methoxy groups -OCH3 is 1. The highest BCUT2D eigenvalue weighted by atomic mass is 32.2. The summed E-state index contributed by atoms with van der Waals surface area (Å²) in [7, 11) is 1.63. The zero-order valence-corrected chi connectivity index (χ0v) is 6.73. The van der Waals surface area contributed by atoms with Gasteiger partial charge in [-0.2, -0.15) is 0 Å². The summed E-state index contributed by atoms with van der Waals surface area (Å²) in [5, 5.41) is 7.41. The molecule has 0 atom stereocenters.